The summed E-state index contributed by atoms with van der Waals surface area (Å²) in [6.07, 6.45) is 0. The van der Waals surface area contributed by atoms with Crippen LogP contribution in [0.1, 0.15) is 18.7 Å². The van der Waals surface area contributed by atoms with Gasteiger partial charge in [0.1, 0.15) is 17.3 Å². The zero-order chi connectivity index (χ0) is 13.1. The van der Waals surface area contributed by atoms with Crippen molar-refractivity contribution in [3.8, 4) is 17.1 Å². The number of rotatable bonds is 4. The molecule has 96 valence electrons. The summed E-state index contributed by atoms with van der Waals surface area (Å²) in [5.41, 5.74) is 0.940. The van der Waals surface area contributed by atoms with Crippen molar-refractivity contribution in [1.29, 1.82) is 0 Å². The maximum Gasteiger partial charge on any atom is 0.137 e. The Bertz CT molecular complexity index is 536. The fraction of sp³-hybridized carbons (Fsp3) is 0.286. The fourth-order valence-electron chi connectivity index (χ4n) is 1.70. The van der Waals surface area contributed by atoms with Crippen molar-refractivity contribution in [3.05, 3.63) is 41.1 Å². The Balaban J connectivity index is 2.31. The Kier molecular flexibility index (Phi) is 3.94. The van der Waals surface area contributed by atoms with E-state index >= 15 is 0 Å². The van der Waals surface area contributed by atoms with Gasteiger partial charge in [-0.15, -0.1) is 0 Å². The van der Waals surface area contributed by atoms with Crippen LogP contribution < -0.4 is 10.1 Å². The molecule has 1 heterocycles. The molecule has 0 saturated carbocycles. The number of ether oxygens (including phenoxy) is 1. The van der Waals surface area contributed by atoms with E-state index < -0.39 is 0 Å². The van der Waals surface area contributed by atoms with Crippen LogP contribution in [0, 0.1) is 0 Å². The lowest BCUT2D eigenvalue weighted by molar-refractivity contribution is 0.415. The van der Waals surface area contributed by atoms with Crippen molar-refractivity contribution in [1.82, 2.24) is 5.32 Å². The van der Waals surface area contributed by atoms with Gasteiger partial charge in [-0.1, -0.05) is 11.6 Å². The second kappa shape index (κ2) is 5.46. The van der Waals surface area contributed by atoms with Gasteiger partial charge >= 0.3 is 0 Å². The van der Waals surface area contributed by atoms with Crippen LogP contribution in [0.3, 0.4) is 0 Å². The second-order valence-electron chi connectivity index (χ2n) is 4.06. The highest BCUT2D eigenvalue weighted by Crippen LogP contribution is 2.31. The number of hydrogen-bond acceptors (Lipinski definition) is 3. The van der Waals surface area contributed by atoms with Gasteiger partial charge in [-0.05, 0) is 44.3 Å². The SMILES string of the molecule is CNC(C)c1ccc(-c2ccc(OC)c(Cl)c2)o1. The number of halogens is 1. The smallest absolute Gasteiger partial charge is 0.137 e. The van der Waals surface area contributed by atoms with Crippen LogP contribution in [0.4, 0.5) is 0 Å². The van der Waals surface area contributed by atoms with Crippen molar-refractivity contribution in [2.24, 2.45) is 0 Å². The standard InChI is InChI=1S/C14H16ClNO2/c1-9(16-2)12-6-7-13(18-12)10-4-5-14(17-3)11(15)8-10/h4-9,16H,1-3H3. The Morgan fingerprint density at radius 1 is 1.28 bits per heavy atom. The summed E-state index contributed by atoms with van der Waals surface area (Å²) in [6, 6.07) is 9.70. The summed E-state index contributed by atoms with van der Waals surface area (Å²) >= 11 is 6.10. The average Bonchev–Trinajstić information content (AvgIpc) is 2.87. The van der Waals surface area contributed by atoms with E-state index in [1.165, 1.54) is 0 Å². The predicted molar refractivity (Wildman–Crippen MR) is 73.2 cm³/mol. The molecule has 0 fully saturated rings. The van der Waals surface area contributed by atoms with Crippen LogP contribution in [0.15, 0.2) is 34.7 Å². The van der Waals surface area contributed by atoms with Crippen LogP contribution in [0.5, 0.6) is 5.75 Å². The van der Waals surface area contributed by atoms with Crippen molar-refractivity contribution >= 4 is 11.6 Å². The molecule has 1 unspecified atom stereocenters. The van der Waals surface area contributed by atoms with E-state index in [1.54, 1.807) is 7.11 Å². The molecule has 2 rings (SSSR count). The molecule has 1 atom stereocenters. The first kappa shape index (κ1) is 13.0. The predicted octanol–water partition coefficient (Wildman–Crippen LogP) is 3.89. The maximum atomic E-state index is 6.10. The largest absolute Gasteiger partial charge is 0.495 e. The molecule has 0 amide bonds. The fourth-order valence-corrected chi connectivity index (χ4v) is 1.96. The summed E-state index contributed by atoms with van der Waals surface area (Å²) < 4.78 is 10.9. The van der Waals surface area contributed by atoms with Crippen molar-refractivity contribution in [2.45, 2.75) is 13.0 Å². The zero-order valence-corrected chi connectivity index (χ0v) is 11.4. The normalized spacial score (nSPS) is 12.4. The molecule has 0 saturated heterocycles. The van der Waals surface area contributed by atoms with Gasteiger partial charge < -0.3 is 14.5 Å². The molecular weight excluding hydrogens is 250 g/mol. The monoisotopic (exact) mass is 265 g/mol. The van der Waals surface area contributed by atoms with E-state index in [-0.39, 0.29) is 6.04 Å². The lowest BCUT2D eigenvalue weighted by Gasteiger charge is -2.06. The van der Waals surface area contributed by atoms with Gasteiger partial charge in [0.15, 0.2) is 0 Å². The first-order valence-electron chi connectivity index (χ1n) is 5.76. The molecule has 0 bridgehead atoms. The average molecular weight is 266 g/mol. The van der Waals surface area contributed by atoms with Gasteiger partial charge in [-0.25, -0.2) is 0 Å². The van der Waals surface area contributed by atoms with Crippen molar-refractivity contribution in [3.63, 3.8) is 0 Å². The van der Waals surface area contributed by atoms with Gasteiger partial charge in [0.25, 0.3) is 0 Å². The minimum atomic E-state index is 0.187. The molecule has 1 aromatic carbocycles. The molecule has 0 radical (unpaired) electrons. The molecule has 3 nitrogen and oxygen atoms in total. The summed E-state index contributed by atoms with van der Waals surface area (Å²) in [6.45, 7) is 2.05. The van der Waals surface area contributed by atoms with Gasteiger partial charge in [0.2, 0.25) is 0 Å². The van der Waals surface area contributed by atoms with E-state index in [4.69, 9.17) is 20.8 Å². The molecular formula is C14H16ClNO2. The maximum absolute atomic E-state index is 6.10. The Labute approximate surface area is 112 Å². The Hall–Kier alpha value is -1.45. The van der Waals surface area contributed by atoms with Crippen LogP contribution in [-0.2, 0) is 0 Å². The Morgan fingerprint density at radius 3 is 2.67 bits per heavy atom. The minimum Gasteiger partial charge on any atom is -0.495 e. The molecule has 18 heavy (non-hydrogen) atoms. The number of hydrogen-bond donors (Lipinski definition) is 1. The van der Waals surface area contributed by atoms with Crippen LogP contribution >= 0.6 is 11.6 Å². The summed E-state index contributed by atoms with van der Waals surface area (Å²) in [7, 11) is 3.50. The molecule has 1 aromatic heterocycles. The molecule has 0 aliphatic rings. The topological polar surface area (TPSA) is 34.4 Å². The lowest BCUT2D eigenvalue weighted by Crippen LogP contribution is -2.10. The van der Waals surface area contributed by atoms with Crippen LogP contribution in [-0.4, -0.2) is 14.2 Å². The summed E-state index contributed by atoms with van der Waals surface area (Å²) in [4.78, 5) is 0. The molecule has 1 N–H and O–H groups in total. The van der Waals surface area contributed by atoms with Crippen molar-refractivity contribution < 1.29 is 9.15 Å². The van der Waals surface area contributed by atoms with Crippen molar-refractivity contribution in [2.75, 3.05) is 14.2 Å². The quantitative estimate of drug-likeness (QED) is 0.911. The number of benzene rings is 1. The molecule has 2 aromatic rings. The highest BCUT2D eigenvalue weighted by molar-refractivity contribution is 6.32. The van der Waals surface area contributed by atoms with E-state index in [0.717, 1.165) is 17.1 Å². The number of furan rings is 1. The zero-order valence-electron chi connectivity index (χ0n) is 10.7. The Morgan fingerprint density at radius 2 is 2.06 bits per heavy atom. The molecule has 0 spiro atoms. The minimum absolute atomic E-state index is 0.187. The van der Waals surface area contributed by atoms with Gasteiger partial charge in [-0.3, -0.25) is 0 Å². The van der Waals surface area contributed by atoms with E-state index in [2.05, 4.69) is 5.32 Å². The molecule has 4 heteroatoms. The van der Waals surface area contributed by atoms with Gasteiger partial charge in [0, 0.05) is 5.56 Å². The third-order valence-corrected chi connectivity index (χ3v) is 3.22. The highest BCUT2D eigenvalue weighted by atomic mass is 35.5. The molecule has 0 aliphatic carbocycles. The first-order chi connectivity index (χ1) is 8.65. The highest BCUT2D eigenvalue weighted by Gasteiger charge is 2.11. The number of methoxy groups -OCH3 is 1. The first-order valence-corrected chi connectivity index (χ1v) is 6.14. The van der Waals surface area contributed by atoms with Crippen LogP contribution in [0.25, 0.3) is 11.3 Å². The van der Waals surface area contributed by atoms with Crippen LogP contribution in [0.2, 0.25) is 5.02 Å². The summed E-state index contributed by atoms with van der Waals surface area (Å²) in [5.74, 6) is 2.37. The second-order valence-corrected chi connectivity index (χ2v) is 4.47. The number of nitrogens with one attached hydrogen (secondary N) is 1. The summed E-state index contributed by atoms with van der Waals surface area (Å²) in [5, 5.41) is 3.71. The van der Waals surface area contributed by atoms with E-state index in [0.29, 0.717) is 10.8 Å². The van der Waals surface area contributed by atoms with Gasteiger partial charge in [-0.2, -0.15) is 0 Å². The van der Waals surface area contributed by atoms with E-state index in [9.17, 15) is 0 Å². The van der Waals surface area contributed by atoms with Gasteiger partial charge in [0.05, 0.1) is 18.2 Å². The molecule has 0 aliphatic heterocycles. The van der Waals surface area contributed by atoms with E-state index in [1.807, 2.05) is 44.3 Å². The third-order valence-electron chi connectivity index (χ3n) is 2.92. The lowest BCUT2D eigenvalue weighted by atomic mass is 10.1. The third kappa shape index (κ3) is 2.52.